The summed E-state index contributed by atoms with van der Waals surface area (Å²) in [6.07, 6.45) is 1.59. The van der Waals surface area contributed by atoms with Crippen LogP contribution in [0.5, 0.6) is 11.5 Å². The summed E-state index contributed by atoms with van der Waals surface area (Å²) >= 11 is 0. The number of carboxylic acids is 1. The Hall–Kier alpha value is -1.78. The van der Waals surface area contributed by atoms with Crippen molar-refractivity contribution in [3.05, 3.63) is 23.5 Å². The highest BCUT2D eigenvalue weighted by Crippen LogP contribution is 2.53. The molecule has 0 radical (unpaired) electrons. The molecule has 0 atom stereocenters. The number of benzene rings is 1. The van der Waals surface area contributed by atoms with Gasteiger partial charge in [0.1, 0.15) is 13.2 Å². The number of fused-ring (bicyclic) bond motifs is 1. The summed E-state index contributed by atoms with van der Waals surface area (Å²) in [4.78, 5) is 10.9. The van der Waals surface area contributed by atoms with Crippen LogP contribution in [0, 0.1) is 5.82 Å². The summed E-state index contributed by atoms with van der Waals surface area (Å²) in [6, 6.07) is 3.09. The lowest BCUT2D eigenvalue weighted by Crippen LogP contribution is -2.18. The van der Waals surface area contributed by atoms with Crippen molar-refractivity contribution in [1.29, 1.82) is 0 Å². The van der Waals surface area contributed by atoms with Gasteiger partial charge in [0.15, 0.2) is 17.3 Å². The van der Waals surface area contributed by atoms with E-state index in [4.69, 9.17) is 14.6 Å². The first kappa shape index (κ1) is 11.3. The van der Waals surface area contributed by atoms with E-state index in [9.17, 15) is 9.18 Å². The van der Waals surface area contributed by atoms with Crippen molar-refractivity contribution in [3.63, 3.8) is 0 Å². The van der Waals surface area contributed by atoms with E-state index in [2.05, 4.69) is 0 Å². The normalized spacial score (nSPS) is 19.4. The molecule has 1 heterocycles. The van der Waals surface area contributed by atoms with E-state index in [-0.39, 0.29) is 12.2 Å². The number of carbonyl (C=O) groups is 1. The van der Waals surface area contributed by atoms with Crippen LogP contribution < -0.4 is 9.47 Å². The summed E-state index contributed by atoms with van der Waals surface area (Å²) in [5.41, 5.74) is 0.286. The van der Waals surface area contributed by atoms with Gasteiger partial charge < -0.3 is 14.6 Å². The predicted molar refractivity (Wildman–Crippen MR) is 60.6 cm³/mol. The lowest BCUT2D eigenvalue weighted by molar-refractivity contribution is -0.137. The van der Waals surface area contributed by atoms with Crippen LogP contribution in [-0.4, -0.2) is 24.3 Å². The van der Waals surface area contributed by atoms with E-state index in [0.29, 0.717) is 24.5 Å². The highest BCUT2D eigenvalue weighted by Gasteiger charge is 2.46. The lowest BCUT2D eigenvalue weighted by atomic mass is 9.92. The number of carboxylic acid groups (broad SMARTS) is 1. The smallest absolute Gasteiger partial charge is 0.304 e. The van der Waals surface area contributed by atoms with Gasteiger partial charge in [0.25, 0.3) is 0 Å². The van der Waals surface area contributed by atoms with Crippen LogP contribution in [0.25, 0.3) is 0 Å². The topological polar surface area (TPSA) is 55.8 Å². The summed E-state index contributed by atoms with van der Waals surface area (Å²) in [6.45, 7) is 0.728. The molecule has 1 N–H and O–H groups in total. The highest BCUT2D eigenvalue weighted by atomic mass is 19.1. The zero-order chi connectivity index (χ0) is 12.8. The number of halogens is 1. The third-order valence-corrected chi connectivity index (χ3v) is 3.55. The van der Waals surface area contributed by atoms with Crippen LogP contribution in [0.2, 0.25) is 0 Å². The fourth-order valence-electron chi connectivity index (χ4n) is 2.42. The average Bonchev–Trinajstić information content (AvgIpc) is 3.09. The van der Waals surface area contributed by atoms with Crippen molar-refractivity contribution in [2.75, 3.05) is 13.2 Å². The summed E-state index contributed by atoms with van der Waals surface area (Å²) in [5, 5.41) is 8.91. The summed E-state index contributed by atoms with van der Waals surface area (Å²) < 4.78 is 24.4. The van der Waals surface area contributed by atoms with Gasteiger partial charge in [0.05, 0.1) is 6.42 Å². The molecule has 0 bridgehead atoms. The molecule has 1 aromatic rings. The Morgan fingerprint density at radius 2 is 2.06 bits per heavy atom. The summed E-state index contributed by atoms with van der Waals surface area (Å²) in [7, 11) is 0. The van der Waals surface area contributed by atoms with Crippen LogP contribution in [0.4, 0.5) is 4.39 Å². The Balaban J connectivity index is 1.98. The molecule has 0 unspecified atom stereocenters. The average molecular weight is 252 g/mol. The van der Waals surface area contributed by atoms with Gasteiger partial charge in [-0.2, -0.15) is 0 Å². The molecule has 5 heteroatoms. The molecule has 0 amide bonds. The van der Waals surface area contributed by atoms with Gasteiger partial charge in [-0.25, -0.2) is 4.39 Å². The van der Waals surface area contributed by atoms with Gasteiger partial charge in [0, 0.05) is 5.41 Å². The maximum Gasteiger partial charge on any atom is 0.304 e. The first-order valence-electron chi connectivity index (χ1n) is 5.92. The minimum Gasteiger partial charge on any atom is -0.486 e. The van der Waals surface area contributed by atoms with Crippen molar-refractivity contribution < 1.29 is 23.8 Å². The van der Waals surface area contributed by atoms with Crippen molar-refractivity contribution in [1.82, 2.24) is 0 Å². The summed E-state index contributed by atoms with van der Waals surface area (Å²) in [5.74, 6) is -0.814. The van der Waals surface area contributed by atoms with Crippen molar-refractivity contribution in [2.24, 2.45) is 0 Å². The first-order valence-corrected chi connectivity index (χ1v) is 5.92. The second kappa shape index (κ2) is 3.86. The molecule has 0 spiro atoms. The Bertz CT molecular complexity index is 508. The monoisotopic (exact) mass is 252 g/mol. The molecule has 0 saturated heterocycles. The molecule has 3 rings (SSSR count). The van der Waals surface area contributed by atoms with Crippen LogP contribution >= 0.6 is 0 Å². The van der Waals surface area contributed by atoms with Crippen molar-refractivity contribution >= 4 is 5.97 Å². The Morgan fingerprint density at radius 3 is 2.72 bits per heavy atom. The highest BCUT2D eigenvalue weighted by molar-refractivity contribution is 5.70. The zero-order valence-corrected chi connectivity index (χ0v) is 9.74. The van der Waals surface area contributed by atoms with Gasteiger partial charge in [0.2, 0.25) is 0 Å². The number of rotatable bonds is 3. The number of aliphatic carboxylic acids is 1. The molecule has 1 aromatic carbocycles. The third-order valence-electron chi connectivity index (χ3n) is 3.55. The van der Waals surface area contributed by atoms with Crippen LogP contribution in [0.3, 0.4) is 0 Å². The maximum atomic E-state index is 13.9. The quantitative estimate of drug-likeness (QED) is 0.895. The maximum absolute atomic E-state index is 13.9. The van der Waals surface area contributed by atoms with E-state index >= 15 is 0 Å². The van der Waals surface area contributed by atoms with Crippen LogP contribution in [0.15, 0.2) is 12.1 Å². The third kappa shape index (κ3) is 1.79. The number of hydrogen-bond donors (Lipinski definition) is 1. The van der Waals surface area contributed by atoms with Gasteiger partial charge in [-0.3, -0.25) is 4.79 Å². The van der Waals surface area contributed by atoms with Crippen molar-refractivity contribution in [2.45, 2.75) is 24.7 Å². The first-order chi connectivity index (χ1) is 8.61. The Labute approximate surface area is 103 Å². The Kier molecular flexibility index (Phi) is 2.43. The van der Waals surface area contributed by atoms with E-state index in [1.54, 1.807) is 6.07 Å². The largest absolute Gasteiger partial charge is 0.486 e. The molecule has 1 aliphatic carbocycles. The van der Waals surface area contributed by atoms with E-state index in [1.165, 1.54) is 6.07 Å². The fourth-order valence-corrected chi connectivity index (χ4v) is 2.42. The minimum absolute atomic E-state index is 0.0338. The van der Waals surface area contributed by atoms with Crippen molar-refractivity contribution in [3.8, 4) is 11.5 Å². The molecule has 1 fully saturated rings. The van der Waals surface area contributed by atoms with Gasteiger partial charge in [-0.05, 0) is 30.5 Å². The molecule has 1 saturated carbocycles. The van der Waals surface area contributed by atoms with E-state index < -0.39 is 17.2 Å². The number of ether oxygens (including phenoxy) is 2. The molecule has 4 nitrogen and oxygen atoms in total. The lowest BCUT2D eigenvalue weighted by Gasteiger charge is -2.22. The van der Waals surface area contributed by atoms with Gasteiger partial charge >= 0.3 is 5.97 Å². The second-order valence-electron chi connectivity index (χ2n) is 4.83. The molecule has 96 valence electrons. The number of hydrogen-bond acceptors (Lipinski definition) is 3. The zero-order valence-electron chi connectivity index (χ0n) is 9.74. The molecule has 1 aliphatic heterocycles. The van der Waals surface area contributed by atoms with Gasteiger partial charge in [-0.15, -0.1) is 0 Å². The molecule has 2 aliphatic rings. The van der Waals surface area contributed by atoms with Crippen LogP contribution in [-0.2, 0) is 10.2 Å². The Morgan fingerprint density at radius 1 is 1.33 bits per heavy atom. The fraction of sp³-hybridized carbons (Fsp3) is 0.462. The molecular formula is C13H13FO4. The second-order valence-corrected chi connectivity index (χ2v) is 4.83. The molecule has 0 aromatic heterocycles. The van der Waals surface area contributed by atoms with Gasteiger partial charge in [-0.1, -0.05) is 0 Å². The standard InChI is InChI=1S/C13H13FO4/c14-9-5-8(13(1-2-13)7-11(15)16)6-10-12(9)18-4-3-17-10/h5-6H,1-4,7H2,(H,15,16). The van der Waals surface area contributed by atoms with Crippen LogP contribution in [0.1, 0.15) is 24.8 Å². The molecule has 18 heavy (non-hydrogen) atoms. The van der Waals surface area contributed by atoms with E-state index in [1.807, 2.05) is 0 Å². The SMILES string of the molecule is O=C(O)CC1(c2cc(F)c3c(c2)OCCO3)CC1. The van der Waals surface area contributed by atoms with E-state index in [0.717, 1.165) is 12.8 Å². The minimum atomic E-state index is -0.859. The molecular weight excluding hydrogens is 239 g/mol. The predicted octanol–water partition coefficient (Wildman–Crippen LogP) is 2.10.